The lowest BCUT2D eigenvalue weighted by molar-refractivity contribution is -0.330. The molecule has 0 aliphatic rings. The second kappa shape index (κ2) is 56.1. The summed E-state index contributed by atoms with van der Waals surface area (Å²) in [4.78, 5) is 67.5. The topological polar surface area (TPSA) is 736 Å². The number of halogens is 4. The third-order valence-corrected chi connectivity index (χ3v) is 1.30. The average Bonchev–Trinajstić information content (AvgIpc) is 3.03. The fourth-order valence-corrected chi connectivity index (χ4v) is 0. The van der Waals surface area contributed by atoms with E-state index in [0.29, 0.717) is 0 Å². The number of aliphatic hydroxyl groups is 8. The standard InChI is InChI=1S/8C2H4N2O.4FH2O3P/c8*1-4-2(3)5;4*1-5(2,3)4/h8*1H2,(H2,3,5);4*(H2,2,3,4). The maximum Gasteiger partial charge on any atom is 0.541 e. The molecule has 0 saturated heterocycles. The summed E-state index contributed by atoms with van der Waals surface area (Å²) in [5.41, 5.74) is 36.3. The molecular formula is C16H40F4N16O20P4. The first-order chi connectivity index (χ1) is 26.2. The van der Waals surface area contributed by atoms with E-state index in [9.17, 15) is 16.8 Å². The lowest BCUT2D eigenvalue weighted by Crippen LogP contribution is -2.11. The third kappa shape index (κ3) is 1650. The molecule has 352 valence electrons. The van der Waals surface area contributed by atoms with Crippen molar-refractivity contribution < 1.29 is 115 Å². The quantitative estimate of drug-likeness (QED) is 0.0352. The summed E-state index contributed by atoms with van der Waals surface area (Å²) in [5.74, 6) is 0. The lowest BCUT2D eigenvalue weighted by atomic mass is 11.2. The fraction of sp³-hybridized carbons (Fsp3) is 0. The molecule has 0 aromatic rings. The van der Waals surface area contributed by atoms with Gasteiger partial charge < -0.3 is 98.3 Å². The molecule has 44 heteroatoms. The van der Waals surface area contributed by atoms with Crippen LogP contribution in [-0.4, -0.2) is 143 Å². The van der Waals surface area contributed by atoms with E-state index in [2.05, 4.69) is 137 Å². The van der Waals surface area contributed by atoms with Crippen molar-refractivity contribution in [2.75, 3.05) is 0 Å². The molecule has 0 saturated carbocycles. The summed E-state index contributed by atoms with van der Waals surface area (Å²) in [6.07, 6.45) is 0. The van der Waals surface area contributed by atoms with Gasteiger partial charge in [-0.3, -0.25) is 0 Å². The van der Waals surface area contributed by atoms with Crippen LogP contribution in [0.3, 0.4) is 0 Å². The van der Waals surface area contributed by atoms with Gasteiger partial charge >= 0.3 is 48.2 Å². The van der Waals surface area contributed by atoms with Gasteiger partial charge in [0.15, 0.2) is 53.7 Å². The number of hydrogen-bond acceptors (Lipinski definition) is 12. The minimum Gasteiger partial charge on any atom is -0.786 e. The predicted molar refractivity (Wildman–Crippen MR) is 203 cm³/mol. The zero-order chi connectivity index (χ0) is 52.3. The van der Waals surface area contributed by atoms with Gasteiger partial charge in [0, 0.05) is 0 Å². The smallest absolute Gasteiger partial charge is 0.541 e. The van der Waals surface area contributed by atoms with Crippen LogP contribution < -0.4 is 122 Å². The minimum absolute atomic E-state index is 0.481. The van der Waals surface area contributed by atoms with Gasteiger partial charge in [0.2, 0.25) is 0 Å². The highest BCUT2D eigenvalue weighted by Gasteiger charge is 1.82. The number of hydrogen-bond donors (Lipinski definition) is 16. The van der Waals surface area contributed by atoms with Crippen molar-refractivity contribution in [2.24, 2.45) is 45.9 Å². The highest BCUT2D eigenvalue weighted by molar-refractivity contribution is 7.43. The molecule has 24 N–H and O–H groups in total. The molecule has 0 bridgehead atoms. The lowest BCUT2D eigenvalue weighted by Gasteiger charge is -2.15. The first-order valence-electron chi connectivity index (χ1n) is 11.3. The number of nitrogens with two attached hydrogens (primary N) is 8. The molecule has 0 rings (SSSR count). The maximum absolute atomic E-state index is 10.1. The van der Waals surface area contributed by atoms with Crippen LogP contribution in [0.15, 0.2) is 0 Å². The maximum atomic E-state index is 10.1. The van der Waals surface area contributed by atoms with Gasteiger partial charge in [-0.15, -0.1) is 0 Å². The zero-order valence-electron chi connectivity index (χ0n) is 29.6. The number of nitrogens with zero attached hydrogens (tertiary/aromatic N) is 8. The minimum atomic E-state index is -5.64. The van der Waals surface area contributed by atoms with Gasteiger partial charge in [-0.2, -0.15) is 37.3 Å². The molecule has 0 aliphatic heterocycles. The molecule has 0 radical (unpaired) electrons. The van der Waals surface area contributed by atoms with E-state index in [1.807, 2.05) is 0 Å². The van der Waals surface area contributed by atoms with Gasteiger partial charge in [0.05, 0.1) is 0 Å². The molecule has 0 fully saturated rings. The highest BCUT2D eigenvalue weighted by Crippen LogP contribution is 2.23. The van der Waals surface area contributed by atoms with Crippen molar-refractivity contribution in [1.29, 1.82) is 0 Å². The number of amidine groups is 8. The Kier molecular flexibility index (Phi) is 79.5. The zero-order valence-corrected chi connectivity index (χ0v) is 33.2. The molecule has 0 spiro atoms. The van der Waals surface area contributed by atoms with Crippen molar-refractivity contribution in [3.8, 4) is 0 Å². The summed E-state index contributed by atoms with van der Waals surface area (Å²) in [6.45, 7) is 23.2. The van der Waals surface area contributed by atoms with Gasteiger partial charge in [-0.25, -0.2) is 62.7 Å². The Morgan fingerprint density at radius 2 is 0.317 bits per heavy atom. The van der Waals surface area contributed by atoms with E-state index in [0.717, 1.165) is 0 Å². The van der Waals surface area contributed by atoms with E-state index in [-0.39, 0.29) is 0 Å². The SMILES string of the molecule is C=[N+]=C(N)O.C=[N+]=C(N)O.C=[N+]=C(N)O.C=[N+]=C(N)O.C=[N+]=C(N)O.C=[N+]=C(N)O.C=[N+]=C(N)O.C=[N+]=C(N)O.O=P([O-])([O-])F.O=P([O-])([O-])F.O=P([O-])([O-])F.O=P([O-])([O-])F. The molecule has 0 atom stereocenters. The van der Waals surface area contributed by atoms with Crippen molar-refractivity contribution >= 4 is 134 Å². The van der Waals surface area contributed by atoms with Crippen LogP contribution in [0.5, 0.6) is 0 Å². The molecule has 36 nitrogen and oxygen atoms in total. The van der Waals surface area contributed by atoms with Crippen LogP contribution in [0.4, 0.5) is 16.8 Å². The third-order valence-electron chi connectivity index (χ3n) is 1.30. The molecule has 0 heterocycles. The van der Waals surface area contributed by atoms with E-state index < -0.39 is 79.8 Å². The fourth-order valence-electron chi connectivity index (χ4n) is 0. The molecular weight excluding hydrogens is 936 g/mol. The molecule has 0 unspecified atom stereocenters. The van der Waals surface area contributed by atoms with Gasteiger partial charge in [-0.1, -0.05) is 0 Å². The summed E-state index contributed by atoms with van der Waals surface area (Å²) < 4.78 is 97.4. The summed E-state index contributed by atoms with van der Waals surface area (Å²) in [6, 6.07) is -3.85. The first kappa shape index (κ1) is 85.1. The van der Waals surface area contributed by atoms with Crippen LogP contribution in [0.25, 0.3) is 0 Å². The van der Waals surface area contributed by atoms with Crippen LogP contribution in [0.1, 0.15) is 0 Å². The van der Waals surface area contributed by atoms with Gasteiger partial charge in [-0.05, 0) is 0 Å². The molecule has 0 aliphatic carbocycles. The Labute approximate surface area is 332 Å². The largest absolute Gasteiger partial charge is 0.786 e. The average molecular weight is 976 g/mol. The second-order valence-electron chi connectivity index (χ2n) is 5.85. The highest BCUT2D eigenvalue weighted by atomic mass is 31.2. The van der Waals surface area contributed by atoms with E-state index in [4.69, 9.17) is 98.3 Å². The van der Waals surface area contributed by atoms with Crippen LogP contribution in [-0.2, 0) is 18.3 Å². The Hall–Kier alpha value is -7.28. The Morgan fingerprint density at radius 3 is 0.317 bits per heavy atom. The van der Waals surface area contributed by atoms with E-state index >= 15 is 0 Å². The summed E-state index contributed by atoms with van der Waals surface area (Å²) in [7, 11) is -22.6. The Balaban J connectivity index is -0.0000000419. The van der Waals surface area contributed by atoms with Crippen molar-refractivity contribution in [2.45, 2.75) is 0 Å². The Bertz CT molecular complexity index is 1340. The molecule has 0 aromatic heterocycles. The van der Waals surface area contributed by atoms with Crippen molar-refractivity contribution in [3.63, 3.8) is 0 Å². The monoisotopic (exact) mass is 976 g/mol. The normalized spacial score (nSPS) is 7.67. The van der Waals surface area contributed by atoms with Crippen LogP contribution in [0, 0.1) is 0 Å². The summed E-state index contributed by atoms with van der Waals surface area (Å²) >= 11 is 0. The Morgan fingerprint density at radius 1 is 0.300 bits per heavy atom. The second-order valence-corrected chi connectivity index (χ2v) is 9.30. The first-order valence-corrected chi connectivity index (χ1v) is 17.0. The number of rotatable bonds is 0. The van der Waals surface area contributed by atoms with Crippen molar-refractivity contribution in [3.05, 3.63) is 0 Å². The van der Waals surface area contributed by atoms with Crippen LogP contribution in [0.2, 0.25) is 0 Å². The molecule has 0 aromatic carbocycles. The van der Waals surface area contributed by atoms with Gasteiger partial charge in [0.25, 0.3) is 0 Å². The van der Waals surface area contributed by atoms with E-state index in [1.54, 1.807) is 0 Å². The molecule has 0 amide bonds. The van der Waals surface area contributed by atoms with E-state index in [1.165, 1.54) is 0 Å². The van der Waals surface area contributed by atoms with Crippen molar-refractivity contribution in [1.82, 2.24) is 37.3 Å². The molecule has 60 heavy (non-hydrogen) atoms. The van der Waals surface area contributed by atoms with Crippen LogP contribution >= 0.6 is 31.6 Å². The summed E-state index contributed by atoms with van der Waals surface area (Å²) in [5, 5.41) is 62.6. The predicted octanol–water partition coefficient (Wildman–Crippen LogP) is -15.8. The number of aliphatic hydroxyl groups excluding tert-OH is 8. The van der Waals surface area contributed by atoms with Gasteiger partial charge in [0.1, 0.15) is 31.6 Å².